The van der Waals surface area contributed by atoms with Gasteiger partial charge in [0.25, 0.3) is 5.69 Å². The summed E-state index contributed by atoms with van der Waals surface area (Å²) < 4.78 is 6.32. The van der Waals surface area contributed by atoms with Gasteiger partial charge in [0.2, 0.25) is 5.91 Å². The highest BCUT2D eigenvalue weighted by atomic mass is 127. The monoisotopic (exact) mass is 532 g/mol. The normalized spacial score (nSPS) is 24.2. The number of carbonyl (C=O) groups is 2. The Kier molecular flexibility index (Phi) is 6.84. The molecule has 1 aromatic carbocycles. The molecular formula is C19H21IN2O6S. The number of hydrogen-bond acceptors (Lipinski definition) is 7. The number of thioether (sulfide) groups is 1. The average molecular weight is 532 g/mol. The highest BCUT2D eigenvalue weighted by Crippen LogP contribution is 2.50. The third kappa shape index (κ3) is 4.15. The first kappa shape index (κ1) is 22.0. The molecule has 10 heteroatoms. The Labute approximate surface area is 186 Å². The second kappa shape index (κ2) is 9.00. The Morgan fingerprint density at radius 2 is 2.07 bits per heavy atom. The first-order chi connectivity index (χ1) is 13.8. The maximum Gasteiger partial charge on any atom is 0.356 e. The molecule has 1 amide bonds. The lowest BCUT2D eigenvalue weighted by Gasteiger charge is -2.46. The zero-order valence-corrected chi connectivity index (χ0v) is 18.9. The summed E-state index contributed by atoms with van der Waals surface area (Å²) in [7, 11) is 0. The number of hydrogen-bond donors (Lipinski definition) is 1. The van der Waals surface area contributed by atoms with E-state index in [0.717, 1.165) is 15.1 Å². The zero-order chi connectivity index (χ0) is 21.3. The molecule has 1 saturated heterocycles. The number of benzene rings is 1. The fourth-order valence-electron chi connectivity index (χ4n) is 3.79. The first-order valence-electron chi connectivity index (χ1n) is 9.12. The Morgan fingerprint density at radius 1 is 1.41 bits per heavy atom. The van der Waals surface area contributed by atoms with Gasteiger partial charge in [0, 0.05) is 33.1 Å². The molecule has 29 heavy (non-hydrogen) atoms. The van der Waals surface area contributed by atoms with Crippen molar-refractivity contribution in [1.82, 2.24) is 4.90 Å². The van der Waals surface area contributed by atoms with Crippen molar-refractivity contribution in [3.63, 3.8) is 0 Å². The molecule has 2 aliphatic heterocycles. The summed E-state index contributed by atoms with van der Waals surface area (Å²) >= 11 is 3.79. The highest BCUT2D eigenvalue weighted by Gasteiger charge is 2.60. The van der Waals surface area contributed by atoms with Crippen LogP contribution < -0.4 is 0 Å². The molecule has 8 nitrogen and oxygen atoms in total. The van der Waals surface area contributed by atoms with Gasteiger partial charge in [-0.15, -0.1) is 11.8 Å². The van der Waals surface area contributed by atoms with Gasteiger partial charge in [-0.1, -0.05) is 29.5 Å². The Bertz CT molecular complexity index is 857. The lowest BCUT2D eigenvalue weighted by Crippen LogP contribution is -2.63. The zero-order valence-electron chi connectivity index (χ0n) is 15.9. The molecular weight excluding hydrogens is 511 g/mol. The number of β-lactam (4-membered cyclic amide) rings is 1. The molecule has 1 unspecified atom stereocenters. The van der Waals surface area contributed by atoms with Gasteiger partial charge in [-0.2, -0.15) is 0 Å². The minimum atomic E-state index is -0.780. The fourth-order valence-corrected chi connectivity index (χ4v) is 5.46. The molecule has 3 rings (SSSR count). The van der Waals surface area contributed by atoms with Crippen LogP contribution in [0.4, 0.5) is 5.69 Å². The van der Waals surface area contributed by atoms with Crippen LogP contribution >= 0.6 is 34.4 Å². The van der Waals surface area contributed by atoms with Crippen molar-refractivity contribution in [2.75, 3.05) is 10.2 Å². The van der Waals surface area contributed by atoms with Crippen molar-refractivity contribution < 1.29 is 24.4 Å². The van der Waals surface area contributed by atoms with Crippen molar-refractivity contribution in [3.05, 3.63) is 50.5 Å². The fraction of sp³-hybridized carbons (Fsp3) is 0.474. The second-order valence-electron chi connectivity index (χ2n) is 7.00. The molecule has 0 radical (unpaired) electrons. The van der Waals surface area contributed by atoms with Gasteiger partial charge < -0.3 is 14.7 Å². The number of nitrogens with zero attached hydrogens (tertiary/aromatic N) is 2. The van der Waals surface area contributed by atoms with Crippen LogP contribution in [-0.4, -0.2) is 49.1 Å². The number of esters is 1. The van der Waals surface area contributed by atoms with E-state index in [1.165, 1.54) is 40.9 Å². The number of nitro benzene ring substituents is 1. The Hall–Kier alpha value is -1.66. The number of amides is 1. The van der Waals surface area contributed by atoms with E-state index in [1.807, 2.05) is 6.92 Å². The summed E-state index contributed by atoms with van der Waals surface area (Å²) in [6.45, 7) is 3.51. The third-order valence-electron chi connectivity index (χ3n) is 5.15. The van der Waals surface area contributed by atoms with Crippen LogP contribution in [0.5, 0.6) is 0 Å². The van der Waals surface area contributed by atoms with Crippen LogP contribution in [0.1, 0.15) is 19.4 Å². The van der Waals surface area contributed by atoms with Crippen LogP contribution in [0.25, 0.3) is 0 Å². The van der Waals surface area contributed by atoms with E-state index in [4.69, 9.17) is 4.74 Å². The number of nitro groups is 1. The topological polar surface area (TPSA) is 110 Å². The number of non-ortho nitro benzene ring substituents is 1. The maximum atomic E-state index is 12.9. The van der Waals surface area contributed by atoms with Crippen molar-refractivity contribution in [3.8, 4) is 0 Å². The molecule has 0 bridgehead atoms. The number of rotatable bonds is 8. The van der Waals surface area contributed by atoms with Gasteiger partial charge >= 0.3 is 5.97 Å². The summed E-state index contributed by atoms with van der Waals surface area (Å²) in [5.74, 6) is -0.620. The lowest BCUT2D eigenvalue weighted by molar-refractivity contribution is -0.384. The number of fused-ring (bicyclic) bond motifs is 1. The van der Waals surface area contributed by atoms with E-state index in [1.54, 1.807) is 6.92 Å². The molecule has 0 aliphatic carbocycles. The van der Waals surface area contributed by atoms with Gasteiger partial charge in [0.05, 0.1) is 23.0 Å². The quantitative estimate of drug-likeness (QED) is 0.137. The minimum Gasteiger partial charge on any atom is -0.456 e. The molecule has 1 fully saturated rings. The van der Waals surface area contributed by atoms with Crippen LogP contribution in [0.3, 0.4) is 0 Å². The van der Waals surface area contributed by atoms with E-state index >= 15 is 0 Å². The number of aliphatic hydroxyl groups is 1. The van der Waals surface area contributed by atoms with Gasteiger partial charge in [-0.25, -0.2) is 4.79 Å². The molecule has 4 atom stereocenters. The van der Waals surface area contributed by atoms with E-state index in [-0.39, 0.29) is 35.9 Å². The standard InChI is InChI=1S/C19H21IN2O6S/c1-10-15-14(11(2)23)18(24)21(15)16(17(10)29-8-7-20)19(25)28-9-12-3-5-13(6-4-12)22(26)27/h3-6,10-11,14-15,23H,7-9H2,1-2H3/t10-,11-,14+,15?/m1/s1. The largest absolute Gasteiger partial charge is 0.456 e. The molecule has 1 N–H and O–H groups in total. The predicted octanol–water partition coefficient (Wildman–Crippen LogP) is 2.88. The van der Waals surface area contributed by atoms with Crippen molar-refractivity contribution >= 4 is 51.9 Å². The predicted molar refractivity (Wildman–Crippen MR) is 116 cm³/mol. The second-order valence-corrected chi connectivity index (χ2v) is 9.22. The van der Waals surface area contributed by atoms with Gasteiger partial charge in [0.15, 0.2) is 0 Å². The third-order valence-corrected chi connectivity index (χ3v) is 7.71. The molecule has 1 aromatic rings. The van der Waals surface area contributed by atoms with E-state index in [0.29, 0.717) is 5.56 Å². The Balaban J connectivity index is 1.77. The SMILES string of the molecule is C[C@H]1C(SCCI)=C(C(=O)OCc2ccc([N+](=O)[O-])cc2)N2C(=O)[C@@H]([C@@H](C)O)C12. The van der Waals surface area contributed by atoms with Crippen molar-refractivity contribution in [1.29, 1.82) is 0 Å². The number of aliphatic hydroxyl groups excluding tert-OH is 1. The lowest BCUT2D eigenvalue weighted by atomic mass is 9.79. The van der Waals surface area contributed by atoms with E-state index < -0.39 is 22.9 Å². The highest BCUT2D eigenvalue weighted by molar-refractivity contribution is 14.1. The molecule has 156 valence electrons. The maximum absolute atomic E-state index is 12.9. The molecule has 0 saturated carbocycles. The summed E-state index contributed by atoms with van der Waals surface area (Å²) in [6.07, 6.45) is -0.780. The van der Waals surface area contributed by atoms with Crippen LogP contribution in [0, 0.1) is 22.0 Å². The van der Waals surface area contributed by atoms with Gasteiger partial charge in [-0.3, -0.25) is 14.9 Å². The van der Waals surface area contributed by atoms with Crippen LogP contribution in [0.15, 0.2) is 34.9 Å². The van der Waals surface area contributed by atoms with Crippen LogP contribution in [-0.2, 0) is 20.9 Å². The van der Waals surface area contributed by atoms with Gasteiger partial charge in [-0.05, 0) is 24.6 Å². The smallest absolute Gasteiger partial charge is 0.356 e. The summed E-state index contributed by atoms with van der Waals surface area (Å²) in [4.78, 5) is 38.0. The number of alkyl halides is 1. The van der Waals surface area contributed by atoms with Crippen molar-refractivity contribution in [2.45, 2.75) is 32.6 Å². The summed E-state index contributed by atoms with van der Waals surface area (Å²) in [5.41, 5.74) is 0.842. The average Bonchev–Trinajstić information content (AvgIpc) is 2.92. The molecule has 2 aliphatic rings. The minimum absolute atomic E-state index is 0.0388. The van der Waals surface area contributed by atoms with Crippen molar-refractivity contribution in [2.24, 2.45) is 11.8 Å². The van der Waals surface area contributed by atoms with Crippen LogP contribution in [0.2, 0.25) is 0 Å². The summed E-state index contributed by atoms with van der Waals surface area (Å²) in [6, 6.07) is 5.53. The van der Waals surface area contributed by atoms with Gasteiger partial charge in [0.1, 0.15) is 12.3 Å². The Morgan fingerprint density at radius 3 is 2.62 bits per heavy atom. The molecule has 2 heterocycles. The number of ether oxygens (including phenoxy) is 1. The van der Waals surface area contributed by atoms with E-state index in [2.05, 4.69) is 22.6 Å². The molecule has 0 spiro atoms. The first-order valence-corrected chi connectivity index (χ1v) is 11.6. The number of carbonyl (C=O) groups excluding carboxylic acids is 2. The van der Waals surface area contributed by atoms with E-state index in [9.17, 15) is 24.8 Å². The number of halogens is 1. The molecule has 0 aromatic heterocycles. The summed E-state index contributed by atoms with van der Waals surface area (Å²) in [5, 5.41) is 20.7.